The molecule has 0 spiro atoms. The lowest BCUT2D eigenvalue weighted by atomic mass is 10.2. The van der Waals surface area contributed by atoms with E-state index in [4.69, 9.17) is 5.73 Å². The third-order valence-corrected chi connectivity index (χ3v) is 2.51. The average Bonchev–Trinajstić information content (AvgIpc) is 2.26. The third kappa shape index (κ3) is 4.82. The molecule has 0 saturated heterocycles. The minimum Gasteiger partial charge on any atom is -0.461 e. The largest absolute Gasteiger partial charge is 0.461 e. The van der Waals surface area contributed by atoms with Crippen LogP contribution in [0.3, 0.4) is 0 Å². The summed E-state index contributed by atoms with van der Waals surface area (Å²) in [4.78, 5) is 11.3. The number of carbonyl (C=O) groups excluding carboxylic acids is 1. The van der Waals surface area contributed by atoms with Crippen molar-refractivity contribution >= 4 is 23.4 Å². The zero-order chi connectivity index (χ0) is 13.8. The second kappa shape index (κ2) is 5.94. The van der Waals surface area contributed by atoms with Crippen molar-refractivity contribution in [1.29, 1.82) is 0 Å². The van der Waals surface area contributed by atoms with Crippen LogP contribution in [-0.4, -0.2) is 23.8 Å². The number of nitrogen functional groups attached to an aromatic ring is 1. The summed E-state index contributed by atoms with van der Waals surface area (Å²) in [6.45, 7) is -0.389. The molecule has 0 radical (unpaired) electrons. The number of nitrogens with two attached hydrogens (primary N) is 1. The molecule has 18 heavy (non-hydrogen) atoms. The first-order chi connectivity index (χ1) is 8.29. The maximum atomic E-state index is 12.8. The van der Waals surface area contributed by atoms with Gasteiger partial charge in [-0.1, -0.05) is 0 Å². The standard InChI is InChI=1S/C10H9F4NO2S/c11-7-2-1-6(5-8(7)15)9(16)17-3-4-18-10(12,13)14/h1-2,5H,3-4,15H2. The molecule has 1 aromatic carbocycles. The molecular weight excluding hydrogens is 274 g/mol. The smallest absolute Gasteiger partial charge is 0.441 e. The van der Waals surface area contributed by atoms with Gasteiger partial charge in [-0.3, -0.25) is 0 Å². The van der Waals surface area contributed by atoms with Gasteiger partial charge in [-0.05, 0) is 30.0 Å². The van der Waals surface area contributed by atoms with Crippen molar-refractivity contribution in [3.63, 3.8) is 0 Å². The Balaban J connectivity index is 2.43. The Morgan fingerprint density at radius 1 is 1.39 bits per heavy atom. The Labute approximate surface area is 104 Å². The molecule has 0 fully saturated rings. The predicted octanol–water partition coefficient (Wildman–Crippen LogP) is 2.82. The Morgan fingerprint density at radius 2 is 2.06 bits per heavy atom. The van der Waals surface area contributed by atoms with E-state index in [0.29, 0.717) is 0 Å². The van der Waals surface area contributed by atoms with E-state index in [9.17, 15) is 22.4 Å². The number of rotatable bonds is 4. The van der Waals surface area contributed by atoms with Crippen LogP contribution in [0.1, 0.15) is 10.4 Å². The zero-order valence-corrected chi connectivity index (χ0v) is 9.78. The van der Waals surface area contributed by atoms with Gasteiger partial charge in [0.1, 0.15) is 12.4 Å². The fourth-order valence-corrected chi connectivity index (χ4v) is 1.44. The Hall–Kier alpha value is -1.44. The van der Waals surface area contributed by atoms with Crippen molar-refractivity contribution < 1.29 is 27.1 Å². The summed E-state index contributed by atoms with van der Waals surface area (Å²) in [7, 11) is 0. The van der Waals surface area contributed by atoms with E-state index in [2.05, 4.69) is 4.74 Å². The van der Waals surface area contributed by atoms with Crippen molar-refractivity contribution in [1.82, 2.24) is 0 Å². The molecule has 1 aromatic rings. The summed E-state index contributed by atoms with van der Waals surface area (Å²) < 4.78 is 52.7. The maximum absolute atomic E-state index is 12.8. The van der Waals surface area contributed by atoms with E-state index < -0.39 is 23.0 Å². The molecular formula is C10H9F4NO2S. The highest BCUT2D eigenvalue weighted by molar-refractivity contribution is 8.00. The minimum absolute atomic E-state index is 0.00842. The van der Waals surface area contributed by atoms with Crippen LogP contribution in [0.25, 0.3) is 0 Å². The van der Waals surface area contributed by atoms with Gasteiger partial charge in [-0.15, -0.1) is 0 Å². The van der Waals surface area contributed by atoms with E-state index in [-0.39, 0.29) is 29.6 Å². The molecule has 0 heterocycles. The number of thioether (sulfide) groups is 1. The Morgan fingerprint density at radius 3 is 2.61 bits per heavy atom. The Kier molecular flexibility index (Phi) is 4.83. The van der Waals surface area contributed by atoms with Gasteiger partial charge in [0.2, 0.25) is 0 Å². The van der Waals surface area contributed by atoms with Gasteiger partial charge in [0.25, 0.3) is 0 Å². The summed E-state index contributed by atoms with van der Waals surface area (Å²) in [5, 5.41) is 0. The molecule has 2 N–H and O–H groups in total. The molecule has 3 nitrogen and oxygen atoms in total. The summed E-state index contributed by atoms with van der Waals surface area (Å²) in [6.07, 6.45) is 0. The molecule has 100 valence electrons. The number of halogens is 4. The number of benzene rings is 1. The van der Waals surface area contributed by atoms with E-state index in [1.54, 1.807) is 0 Å². The van der Waals surface area contributed by atoms with Crippen LogP contribution < -0.4 is 5.73 Å². The highest BCUT2D eigenvalue weighted by atomic mass is 32.2. The molecule has 0 saturated carbocycles. The molecule has 0 aliphatic rings. The molecule has 0 aromatic heterocycles. The second-order valence-electron chi connectivity index (χ2n) is 3.17. The first-order valence-electron chi connectivity index (χ1n) is 4.72. The van der Waals surface area contributed by atoms with Crippen LogP contribution >= 0.6 is 11.8 Å². The van der Waals surface area contributed by atoms with Crippen LogP contribution in [0.15, 0.2) is 18.2 Å². The van der Waals surface area contributed by atoms with E-state index in [1.807, 2.05) is 0 Å². The molecule has 0 aliphatic carbocycles. The second-order valence-corrected chi connectivity index (χ2v) is 4.33. The molecule has 0 atom stereocenters. The topological polar surface area (TPSA) is 52.3 Å². The summed E-state index contributed by atoms with van der Waals surface area (Å²) in [6, 6.07) is 3.19. The monoisotopic (exact) mass is 283 g/mol. The van der Waals surface area contributed by atoms with Crippen molar-refractivity contribution in [2.75, 3.05) is 18.1 Å². The molecule has 0 unspecified atom stereocenters. The normalized spacial score (nSPS) is 11.3. The first kappa shape index (κ1) is 14.6. The number of ether oxygens (including phenoxy) is 1. The lowest BCUT2D eigenvalue weighted by molar-refractivity contribution is -0.0331. The van der Waals surface area contributed by atoms with E-state index in [1.165, 1.54) is 0 Å². The number of anilines is 1. The highest BCUT2D eigenvalue weighted by Crippen LogP contribution is 2.29. The zero-order valence-electron chi connectivity index (χ0n) is 8.96. The highest BCUT2D eigenvalue weighted by Gasteiger charge is 2.27. The van der Waals surface area contributed by atoms with Crippen molar-refractivity contribution in [2.24, 2.45) is 0 Å². The quantitative estimate of drug-likeness (QED) is 0.399. The van der Waals surface area contributed by atoms with Crippen LogP contribution in [0, 0.1) is 5.82 Å². The number of carbonyl (C=O) groups is 1. The molecule has 1 rings (SSSR count). The van der Waals surface area contributed by atoms with Gasteiger partial charge >= 0.3 is 11.5 Å². The van der Waals surface area contributed by atoms with Gasteiger partial charge in [0.05, 0.1) is 11.3 Å². The molecule has 0 amide bonds. The predicted molar refractivity (Wildman–Crippen MR) is 59.6 cm³/mol. The fraction of sp³-hybridized carbons (Fsp3) is 0.300. The van der Waals surface area contributed by atoms with Gasteiger partial charge in [-0.25, -0.2) is 9.18 Å². The van der Waals surface area contributed by atoms with Crippen molar-refractivity contribution in [2.45, 2.75) is 5.51 Å². The number of hydrogen-bond donors (Lipinski definition) is 1. The molecule has 0 bridgehead atoms. The number of esters is 1. The summed E-state index contributed by atoms with van der Waals surface area (Å²) in [5.74, 6) is -1.92. The van der Waals surface area contributed by atoms with Crippen LogP contribution in [0.2, 0.25) is 0 Å². The summed E-state index contributed by atoms with van der Waals surface area (Å²) >= 11 is -0.286. The first-order valence-corrected chi connectivity index (χ1v) is 5.71. The number of alkyl halides is 3. The van der Waals surface area contributed by atoms with Crippen molar-refractivity contribution in [3.8, 4) is 0 Å². The van der Waals surface area contributed by atoms with Crippen LogP contribution in [0.5, 0.6) is 0 Å². The number of hydrogen-bond acceptors (Lipinski definition) is 4. The molecule has 0 aliphatic heterocycles. The van der Waals surface area contributed by atoms with Gasteiger partial charge in [0, 0.05) is 5.75 Å². The average molecular weight is 283 g/mol. The lowest BCUT2D eigenvalue weighted by Gasteiger charge is -2.07. The SMILES string of the molecule is Nc1cc(C(=O)OCCSC(F)(F)F)ccc1F. The minimum atomic E-state index is -4.35. The van der Waals surface area contributed by atoms with Crippen LogP contribution in [-0.2, 0) is 4.74 Å². The fourth-order valence-electron chi connectivity index (χ4n) is 1.05. The Bertz CT molecular complexity index is 436. The van der Waals surface area contributed by atoms with Gasteiger partial charge < -0.3 is 10.5 Å². The van der Waals surface area contributed by atoms with E-state index in [0.717, 1.165) is 18.2 Å². The lowest BCUT2D eigenvalue weighted by Crippen LogP contribution is -2.11. The van der Waals surface area contributed by atoms with Gasteiger partial charge in [-0.2, -0.15) is 13.2 Å². The van der Waals surface area contributed by atoms with E-state index >= 15 is 0 Å². The van der Waals surface area contributed by atoms with Crippen molar-refractivity contribution in [3.05, 3.63) is 29.6 Å². The molecule has 8 heteroatoms. The third-order valence-electron chi connectivity index (χ3n) is 1.81. The van der Waals surface area contributed by atoms with Crippen LogP contribution in [0.4, 0.5) is 23.2 Å². The maximum Gasteiger partial charge on any atom is 0.441 e. The summed E-state index contributed by atoms with van der Waals surface area (Å²) in [5.41, 5.74) is 0.644. The van der Waals surface area contributed by atoms with Gasteiger partial charge in [0.15, 0.2) is 0 Å².